The molecule has 32 heavy (non-hydrogen) atoms. The normalized spacial score (nSPS) is 26.0. The van der Waals surface area contributed by atoms with Crippen molar-refractivity contribution < 1.29 is 9.59 Å². The van der Waals surface area contributed by atoms with E-state index >= 15 is 0 Å². The number of carbonyl (C=O) groups is 2. The third kappa shape index (κ3) is 4.16. The zero-order valence-electron chi connectivity index (χ0n) is 18.2. The first-order valence-electron chi connectivity index (χ1n) is 11.3. The summed E-state index contributed by atoms with van der Waals surface area (Å²) < 4.78 is 0. The maximum absolute atomic E-state index is 12.8. The Kier molecular flexibility index (Phi) is 6.88. The van der Waals surface area contributed by atoms with Crippen LogP contribution in [0.1, 0.15) is 25.5 Å². The molecule has 2 fully saturated rings. The number of halogens is 1. The molecule has 7 nitrogen and oxygen atoms in total. The second-order valence-electron chi connectivity index (χ2n) is 8.69. The number of fused-ring (bicyclic) bond motifs is 6. The molecular formula is C24H30IN5O2. The lowest BCUT2D eigenvalue weighted by atomic mass is 9.85. The summed E-state index contributed by atoms with van der Waals surface area (Å²) in [5.41, 5.74) is 2.17. The number of hydrogen-bond acceptors (Lipinski definition) is 3. The van der Waals surface area contributed by atoms with E-state index in [0.717, 1.165) is 30.1 Å². The second-order valence-corrected chi connectivity index (χ2v) is 8.69. The maximum Gasteiger partial charge on any atom is 0.233 e. The van der Waals surface area contributed by atoms with Crippen molar-refractivity contribution in [2.24, 2.45) is 28.7 Å². The number of carbonyl (C=O) groups excluding carboxylic acids is 2. The molecule has 0 spiro atoms. The Hall–Kier alpha value is -2.36. The number of imide groups is 1. The smallest absolute Gasteiger partial charge is 0.233 e. The average molecular weight is 547 g/mol. The molecule has 2 aromatic rings. The first-order chi connectivity index (χ1) is 15.2. The molecule has 8 heteroatoms. The maximum atomic E-state index is 12.8. The molecule has 170 valence electrons. The Morgan fingerprint density at radius 2 is 1.84 bits per heavy atom. The number of nitrogens with zero attached hydrogens (tertiary/aromatic N) is 2. The quantitative estimate of drug-likeness (QED) is 0.124. The van der Waals surface area contributed by atoms with Gasteiger partial charge in [-0.25, -0.2) is 4.99 Å². The van der Waals surface area contributed by atoms with Crippen molar-refractivity contribution in [1.82, 2.24) is 20.5 Å². The van der Waals surface area contributed by atoms with Crippen molar-refractivity contribution in [3.63, 3.8) is 0 Å². The minimum Gasteiger partial charge on any atom is -0.357 e. The zero-order valence-corrected chi connectivity index (χ0v) is 20.5. The number of nitrogens with one attached hydrogen (secondary N) is 3. The van der Waals surface area contributed by atoms with Gasteiger partial charge in [0, 0.05) is 30.8 Å². The van der Waals surface area contributed by atoms with Crippen LogP contribution in [-0.4, -0.2) is 47.3 Å². The summed E-state index contributed by atoms with van der Waals surface area (Å²) in [4.78, 5) is 35.1. The Balaban J connectivity index is 0.00000245. The second kappa shape index (κ2) is 9.64. The summed E-state index contributed by atoms with van der Waals surface area (Å²) in [5.74, 6) is 1.13. The van der Waals surface area contributed by atoms with Crippen molar-refractivity contribution in [3.8, 4) is 0 Å². The van der Waals surface area contributed by atoms with Gasteiger partial charge in [0.15, 0.2) is 5.96 Å². The first kappa shape index (κ1) is 22.8. The zero-order chi connectivity index (χ0) is 21.4. The van der Waals surface area contributed by atoms with Gasteiger partial charge in [-0.05, 0) is 49.1 Å². The highest BCUT2D eigenvalue weighted by Gasteiger charge is 2.58. The summed E-state index contributed by atoms with van der Waals surface area (Å²) in [6.07, 6.45) is 5.94. The number of benzene rings is 1. The molecule has 3 N–H and O–H groups in total. The molecule has 1 aromatic heterocycles. The number of hydrogen-bond donors (Lipinski definition) is 3. The van der Waals surface area contributed by atoms with Crippen LogP contribution in [0.2, 0.25) is 0 Å². The number of amides is 2. The number of aromatic amines is 1. The predicted octanol–water partition coefficient (Wildman–Crippen LogP) is 3.04. The SMILES string of the molecule is CCNC(=NCc1cc2ccccc2[nH]1)NCCCN1C(=O)C2C3C=CC(C3)C2C1=O.I. The summed E-state index contributed by atoms with van der Waals surface area (Å²) >= 11 is 0. The standard InChI is InChI=1S/C24H29N5O2.HI/c1-2-25-24(27-14-18-13-15-6-3-4-7-19(15)28-18)26-10-5-11-29-22(30)20-16-8-9-17(12-16)21(20)23(29)31;/h3-4,6-9,13,16-17,20-21,28H,2,5,10-12,14H2,1H3,(H2,25,26,27);1H. The van der Waals surface area contributed by atoms with Crippen molar-refractivity contribution in [2.75, 3.05) is 19.6 Å². The molecule has 2 aliphatic carbocycles. The highest BCUT2D eigenvalue weighted by molar-refractivity contribution is 14.0. The summed E-state index contributed by atoms with van der Waals surface area (Å²) in [6.45, 7) is 4.46. The molecule has 5 rings (SSSR count). The Labute approximate surface area is 205 Å². The fourth-order valence-corrected chi connectivity index (χ4v) is 5.35. The van der Waals surface area contributed by atoms with Gasteiger partial charge in [0.05, 0.1) is 18.4 Å². The topological polar surface area (TPSA) is 89.6 Å². The van der Waals surface area contributed by atoms with Gasteiger partial charge in [-0.15, -0.1) is 24.0 Å². The van der Waals surface area contributed by atoms with Gasteiger partial charge in [-0.2, -0.15) is 0 Å². The fourth-order valence-electron chi connectivity index (χ4n) is 5.35. The van der Waals surface area contributed by atoms with E-state index in [1.165, 1.54) is 10.3 Å². The van der Waals surface area contributed by atoms with Crippen LogP contribution in [0.4, 0.5) is 0 Å². The lowest BCUT2D eigenvalue weighted by Gasteiger charge is -2.18. The lowest BCUT2D eigenvalue weighted by molar-refractivity contribution is -0.140. The van der Waals surface area contributed by atoms with Crippen LogP contribution in [0.15, 0.2) is 47.5 Å². The van der Waals surface area contributed by atoms with Crippen molar-refractivity contribution >= 4 is 52.7 Å². The number of aliphatic imine (C=N–C) groups is 1. The third-order valence-corrected chi connectivity index (χ3v) is 6.75. The molecule has 1 saturated heterocycles. The molecular weight excluding hydrogens is 517 g/mol. The predicted molar refractivity (Wildman–Crippen MR) is 136 cm³/mol. The summed E-state index contributed by atoms with van der Waals surface area (Å²) in [7, 11) is 0. The molecule has 1 saturated carbocycles. The van der Waals surface area contributed by atoms with E-state index in [0.29, 0.717) is 26.1 Å². The van der Waals surface area contributed by atoms with Crippen LogP contribution in [0.5, 0.6) is 0 Å². The molecule has 4 unspecified atom stereocenters. The average Bonchev–Trinajstić information content (AvgIpc) is 3.53. The Bertz CT molecular complexity index is 999. The number of allylic oxidation sites excluding steroid dienone is 2. The molecule has 0 radical (unpaired) electrons. The van der Waals surface area contributed by atoms with Gasteiger partial charge in [0.2, 0.25) is 11.8 Å². The molecule has 2 heterocycles. The van der Waals surface area contributed by atoms with Gasteiger partial charge in [0.25, 0.3) is 0 Å². The van der Waals surface area contributed by atoms with E-state index in [9.17, 15) is 9.59 Å². The van der Waals surface area contributed by atoms with Gasteiger partial charge in [-0.3, -0.25) is 14.5 Å². The number of guanidine groups is 1. The molecule has 4 atom stereocenters. The monoisotopic (exact) mass is 547 g/mol. The number of likely N-dealkylation sites (tertiary alicyclic amines) is 1. The van der Waals surface area contributed by atoms with Crippen LogP contribution in [0.3, 0.4) is 0 Å². The molecule has 3 aliphatic rings. The number of H-pyrrole nitrogens is 1. The molecule has 1 aliphatic heterocycles. The number of rotatable bonds is 7. The first-order valence-corrected chi connectivity index (χ1v) is 11.3. The van der Waals surface area contributed by atoms with Gasteiger partial charge < -0.3 is 15.6 Å². The van der Waals surface area contributed by atoms with Crippen LogP contribution < -0.4 is 10.6 Å². The van der Waals surface area contributed by atoms with E-state index in [4.69, 9.17) is 0 Å². The van der Waals surface area contributed by atoms with E-state index in [2.05, 4.69) is 51.0 Å². The number of para-hydroxylation sites is 1. The van der Waals surface area contributed by atoms with Crippen molar-refractivity contribution in [3.05, 3.63) is 48.2 Å². The minimum absolute atomic E-state index is 0. The molecule has 1 aromatic carbocycles. The molecule has 2 bridgehead atoms. The van der Waals surface area contributed by atoms with Gasteiger partial charge >= 0.3 is 0 Å². The van der Waals surface area contributed by atoms with Crippen LogP contribution in [0.25, 0.3) is 10.9 Å². The van der Waals surface area contributed by atoms with E-state index in [-0.39, 0.29) is 59.5 Å². The van der Waals surface area contributed by atoms with E-state index in [1.807, 2.05) is 19.1 Å². The molecule has 2 amide bonds. The van der Waals surface area contributed by atoms with Crippen LogP contribution in [-0.2, 0) is 16.1 Å². The van der Waals surface area contributed by atoms with Crippen molar-refractivity contribution in [2.45, 2.75) is 26.3 Å². The van der Waals surface area contributed by atoms with Gasteiger partial charge in [-0.1, -0.05) is 30.4 Å². The van der Waals surface area contributed by atoms with Gasteiger partial charge in [0.1, 0.15) is 0 Å². The Morgan fingerprint density at radius 1 is 1.12 bits per heavy atom. The van der Waals surface area contributed by atoms with E-state index in [1.54, 1.807) is 0 Å². The van der Waals surface area contributed by atoms with Crippen LogP contribution >= 0.6 is 24.0 Å². The Morgan fingerprint density at radius 3 is 2.53 bits per heavy atom. The minimum atomic E-state index is -0.106. The van der Waals surface area contributed by atoms with E-state index < -0.39 is 0 Å². The third-order valence-electron chi connectivity index (χ3n) is 6.75. The summed E-state index contributed by atoms with van der Waals surface area (Å²) in [5, 5.41) is 7.76. The van der Waals surface area contributed by atoms with Crippen molar-refractivity contribution in [1.29, 1.82) is 0 Å². The number of aromatic nitrogens is 1. The van der Waals surface area contributed by atoms with Crippen LogP contribution in [0, 0.1) is 23.7 Å². The highest BCUT2D eigenvalue weighted by Crippen LogP contribution is 2.52. The highest BCUT2D eigenvalue weighted by atomic mass is 127. The largest absolute Gasteiger partial charge is 0.357 e. The lowest BCUT2D eigenvalue weighted by Crippen LogP contribution is -2.40. The summed E-state index contributed by atoms with van der Waals surface area (Å²) in [6, 6.07) is 10.3. The fraction of sp³-hybridized carbons (Fsp3) is 0.458.